The quantitative estimate of drug-likeness (QED) is 0.536. The molecule has 0 unspecified atom stereocenters. The molecule has 0 heterocycles. The van der Waals surface area contributed by atoms with Crippen LogP contribution in [0.2, 0.25) is 0 Å². The zero-order chi connectivity index (χ0) is 9.61. The van der Waals surface area contributed by atoms with Gasteiger partial charge in [0.15, 0.2) is 0 Å². The zero-order valence-electron chi connectivity index (χ0n) is 7.46. The Balaban J connectivity index is 3.44. The number of aliphatic hydroxyl groups is 1. The average Bonchev–Trinajstić information content (AvgIpc) is 1.95. The molecule has 5 nitrogen and oxygen atoms in total. The molecule has 0 saturated carbocycles. The SMILES string of the molecule is CC(C)(O)COC(=O)NCCN. The highest BCUT2D eigenvalue weighted by atomic mass is 16.6. The highest BCUT2D eigenvalue weighted by molar-refractivity contribution is 5.67. The van der Waals surface area contributed by atoms with E-state index in [0.717, 1.165) is 0 Å². The third-order valence-corrected chi connectivity index (χ3v) is 0.970. The summed E-state index contributed by atoms with van der Waals surface area (Å²) in [7, 11) is 0. The minimum Gasteiger partial charge on any atom is -0.447 e. The van der Waals surface area contributed by atoms with Gasteiger partial charge in [-0.3, -0.25) is 0 Å². The van der Waals surface area contributed by atoms with Crippen LogP contribution in [-0.4, -0.2) is 36.5 Å². The molecule has 72 valence electrons. The smallest absolute Gasteiger partial charge is 0.407 e. The summed E-state index contributed by atoms with van der Waals surface area (Å²) in [5.74, 6) is 0. The van der Waals surface area contributed by atoms with Gasteiger partial charge in [0.2, 0.25) is 0 Å². The Kier molecular flexibility index (Phi) is 4.61. The maximum Gasteiger partial charge on any atom is 0.407 e. The number of nitrogens with two attached hydrogens (primary N) is 1. The molecular formula is C7H16N2O3. The van der Waals surface area contributed by atoms with E-state index in [1.807, 2.05) is 0 Å². The topological polar surface area (TPSA) is 84.6 Å². The minimum atomic E-state index is -0.986. The summed E-state index contributed by atoms with van der Waals surface area (Å²) in [4.78, 5) is 10.7. The number of rotatable bonds is 4. The van der Waals surface area contributed by atoms with Crippen LogP contribution >= 0.6 is 0 Å². The fourth-order valence-electron chi connectivity index (χ4n) is 0.467. The molecule has 0 spiro atoms. The molecular weight excluding hydrogens is 160 g/mol. The number of carbonyl (C=O) groups is 1. The summed E-state index contributed by atoms with van der Waals surface area (Å²) in [6.45, 7) is 3.85. The van der Waals surface area contributed by atoms with Crippen molar-refractivity contribution in [2.24, 2.45) is 5.73 Å². The first kappa shape index (κ1) is 11.2. The number of hydrogen-bond donors (Lipinski definition) is 3. The third-order valence-electron chi connectivity index (χ3n) is 0.970. The molecule has 5 heteroatoms. The summed E-state index contributed by atoms with van der Waals surface area (Å²) in [5, 5.41) is 11.6. The van der Waals surface area contributed by atoms with Gasteiger partial charge in [0.05, 0.1) is 5.60 Å². The van der Waals surface area contributed by atoms with E-state index in [9.17, 15) is 4.79 Å². The van der Waals surface area contributed by atoms with Crippen molar-refractivity contribution < 1.29 is 14.6 Å². The van der Waals surface area contributed by atoms with E-state index in [0.29, 0.717) is 13.1 Å². The number of ether oxygens (including phenoxy) is 1. The second-order valence-corrected chi connectivity index (χ2v) is 3.10. The van der Waals surface area contributed by atoms with Crippen LogP contribution in [0.4, 0.5) is 4.79 Å². The van der Waals surface area contributed by atoms with Gasteiger partial charge >= 0.3 is 6.09 Å². The molecule has 0 aromatic carbocycles. The van der Waals surface area contributed by atoms with E-state index in [1.54, 1.807) is 13.8 Å². The average molecular weight is 176 g/mol. The molecule has 0 bridgehead atoms. The lowest BCUT2D eigenvalue weighted by atomic mass is 10.2. The largest absolute Gasteiger partial charge is 0.447 e. The fourth-order valence-corrected chi connectivity index (χ4v) is 0.467. The van der Waals surface area contributed by atoms with Gasteiger partial charge in [-0.1, -0.05) is 0 Å². The van der Waals surface area contributed by atoms with E-state index >= 15 is 0 Å². The van der Waals surface area contributed by atoms with E-state index in [2.05, 4.69) is 10.1 Å². The van der Waals surface area contributed by atoms with E-state index in [4.69, 9.17) is 10.8 Å². The number of carbonyl (C=O) groups excluding carboxylic acids is 1. The van der Waals surface area contributed by atoms with Gasteiger partial charge in [-0.25, -0.2) is 4.79 Å². The van der Waals surface area contributed by atoms with Gasteiger partial charge < -0.3 is 20.9 Å². The number of amides is 1. The Labute approximate surface area is 71.9 Å². The van der Waals surface area contributed by atoms with Crippen LogP contribution in [0, 0.1) is 0 Å². The summed E-state index contributed by atoms with van der Waals surface area (Å²) in [5.41, 5.74) is 4.15. The van der Waals surface area contributed by atoms with Gasteiger partial charge in [-0.15, -0.1) is 0 Å². The molecule has 0 radical (unpaired) electrons. The molecule has 0 aliphatic heterocycles. The van der Waals surface area contributed by atoms with Crippen LogP contribution < -0.4 is 11.1 Å². The molecule has 0 saturated heterocycles. The van der Waals surface area contributed by atoms with Gasteiger partial charge in [-0.2, -0.15) is 0 Å². The van der Waals surface area contributed by atoms with Crippen molar-refractivity contribution in [3.63, 3.8) is 0 Å². The Morgan fingerprint density at radius 1 is 1.67 bits per heavy atom. The first-order valence-electron chi connectivity index (χ1n) is 3.79. The van der Waals surface area contributed by atoms with E-state index < -0.39 is 11.7 Å². The second kappa shape index (κ2) is 4.95. The van der Waals surface area contributed by atoms with Crippen molar-refractivity contribution in [3.8, 4) is 0 Å². The van der Waals surface area contributed by atoms with Crippen molar-refractivity contribution in [1.29, 1.82) is 0 Å². The Morgan fingerprint density at radius 2 is 2.25 bits per heavy atom. The van der Waals surface area contributed by atoms with Crippen LogP contribution in [-0.2, 0) is 4.74 Å². The van der Waals surface area contributed by atoms with Crippen LogP contribution in [0.1, 0.15) is 13.8 Å². The predicted molar refractivity (Wildman–Crippen MR) is 44.7 cm³/mol. The highest BCUT2D eigenvalue weighted by Crippen LogP contribution is 2.00. The molecule has 0 rings (SSSR count). The minimum absolute atomic E-state index is 0.0244. The van der Waals surface area contributed by atoms with Gasteiger partial charge in [0.1, 0.15) is 6.61 Å². The summed E-state index contributed by atoms with van der Waals surface area (Å²) < 4.78 is 4.65. The monoisotopic (exact) mass is 176 g/mol. The van der Waals surface area contributed by atoms with Crippen molar-refractivity contribution in [1.82, 2.24) is 5.32 Å². The van der Waals surface area contributed by atoms with Crippen molar-refractivity contribution >= 4 is 6.09 Å². The lowest BCUT2D eigenvalue weighted by Gasteiger charge is -2.16. The first-order valence-corrected chi connectivity index (χ1v) is 3.79. The Morgan fingerprint density at radius 3 is 2.67 bits per heavy atom. The van der Waals surface area contributed by atoms with Gasteiger partial charge in [0.25, 0.3) is 0 Å². The lowest BCUT2D eigenvalue weighted by Crippen LogP contribution is -2.34. The van der Waals surface area contributed by atoms with E-state index in [1.165, 1.54) is 0 Å². The normalized spacial score (nSPS) is 11.0. The van der Waals surface area contributed by atoms with Crippen LogP contribution in [0.5, 0.6) is 0 Å². The number of hydrogen-bond acceptors (Lipinski definition) is 4. The summed E-state index contributed by atoms with van der Waals surface area (Å²) >= 11 is 0. The summed E-state index contributed by atoms with van der Waals surface area (Å²) in [6, 6.07) is 0. The summed E-state index contributed by atoms with van der Waals surface area (Å²) in [6.07, 6.45) is -0.553. The van der Waals surface area contributed by atoms with Gasteiger partial charge in [0, 0.05) is 13.1 Å². The van der Waals surface area contributed by atoms with Crippen LogP contribution in [0.3, 0.4) is 0 Å². The third kappa shape index (κ3) is 7.30. The van der Waals surface area contributed by atoms with Gasteiger partial charge in [-0.05, 0) is 13.8 Å². The molecule has 0 aliphatic rings. The standard InChI is InChI=1S/C7H16N2O3/c1-7(2,11)5-12-6(10)9-4-3-8/h11H,3-5,8H2,1-2H3,(H,9,10). The van der Waals surface area contributed by atoms with Crippen molar-refractivity contribution in [3.05, 3.63) is 0 Å². The Hall–Kier alpha value is -0.810. The molecule has 0 fully saturated rings. The number of alkyl carbamates (subject to hydrolysis) is 1. The molecule has 0 aliphatic carbocycles. The first-order chi connectivity index (χ1) is 5.45. The molecule has 0 aromatic rings. The van der Waals surface area contributed by atoms with Crippen molar-refractivity contribution in [2.45, 2.75) is 19.4 Å². The molecule has 12 heavy (non-hydrogen) atoms. The molecule has 1 amide bonds. The molecule has 0 aromatic heterocycles. The fraction of sp³-hybridized carbons (Fsp3) is 0.857. The predicted octanol–water partition coefficient (Wildman–Crippen LogP) is -0.558. The van der Waals surface area contributed by atoms with Crippen molar-refractivity contribution in [2.75, 3.05) is 19.7 Å². The van der Waals surface area contributed by atoms with E-state index in [-0.39, 0.29) is 6.61 Å². The number of nitrogens with one attached hydrogen (secondary N) is 1. The highest BCUT2D eigenvalue weighted by Gasteiger charge is 2.14. The van der Waals surface area contributed by atoms with Crippen LogP contribution in [0.25, 0.3) is 0 Å². The lowest BCUT2D eigenvalue weighted by molar-refractivity contribution is 0.00698. The molecule has 0 atom stereocenters. The zero-order valence-corrected chi connectivity index (χ0v) is 7.46. The Bertz CT molecular complexity index is 142. The maximum atomic E-state index is 10.7. The molecule has 4 N–H and O–H groups in total. The maximum absolute atomic E-state index is 10.7. The van der Waals surface area contributed by atoms with Crippen LogP contribution in [0.15, 0.2) is 0 Å². The second-order valence-electron chi connectivity index (χ2n) is 3.10.